The Morgan fingerprint density at radius 1 is 1.07 bits per heavy atom. The van der Waals surface area contributed by atoms with E-state index >= 15 is 0 Å². The van der Waals surface area contributed by atoms with E-state index in [1.165, 1.54) is 31.2 Å². The second-order valence-corrected chi connectivity index (χ2v) is 9.41. The molecule has 30 heavy (non-hydrogen) atoms. The van der Waals surface area contributed by atoms with Crippen LogP contribution in [0, 0.1) is 6.92 Å². The smallest absolute Gasteiger partial charge is 0.254 e. The number of anilines is 1. The van der Waals surface area contributed by atoms with Crippen molar-refractivity contribution in [2.45, 2.75) is 37.6 Å². The third-order valence-electron chi connectivity index (χ3n) is 5.06. The van der Waals surface area contributed by atoms with E-state index in [0.29, 0.717) is 21.8 Å². The first-order valence-electron chi connectivity index (χ1n) is 9.66. The van der Waals surface area contributed by atoms with Gasteiger partial charge in [-0.3, -0.25) is 9.59 Å². The summed E-state index contributed by atoms with van der Waals surface area (Å²) >= 11 is 5.79. The minimum absolute atomic E-state index is 0.0148. The summed E-state index contributed by atoms with van der Waals surface area (Å²) in [5.74, 6) is -0.584. The van der Waals surface area contributed by atoms with Crippen LogP contribution in [0.3, 0.4) is 0 Å². The predicted octanol–water partition coefficient (Wildman–Crippen LogP) is 3.19. The summed E-state index contributed by atoms with van der Waals surface area (Å²) in [5.41, 5.74) is 1.65. The Bertz CT molecular complexity index is 1050. The van der Waals surface area contributed by atoms with Gasteiger partial charge in [0.25, 0.3) is 5.91 Å². The highest BCUT2D eigenvalue weighted by atomic mass is 35.5. The van der Waals surface area contributed by atoms with Gasteiger partial charge in [0.1, 0.15) is 0 Å². The van der Waals surface area contributed by atoms with Gasteiger partial charge in [0.2, 0.25) is 15.9 Å². The first kappa shape index (κ1) is 22.3. The highest BCUT2D eigenvalue weighted by molar-refractivity contribution is 7.89. The number of amides is 2. The monoisotopic (exact) mass is 449 g/mol. The third kappa shape index (κ3) is 5.00. The summed E-state index contributed by atoms with van der Waals surface area (Å²) in [6.07, 6.45) is 1.99. The molecule has 1 heterocycles. The number of nitrogens with one attached hydrogen (secondary N) is 2. The van der Waals surface area contributed by atoms with Crippen molar-refractivity contribution in [3.05, 3.63) is 58.6 Å². The minimum atomic E-state index is -3.89. The number of halogens is 1. The van der Waals surface area contributed by atoms with Crippen LogP contribution in [0.25, 0.3) is 0 Å². The van der Waals surface area contributed by atoms with Gasteiger partial charge in [-0.1, -0.05) is 17.7 Å². The van der Waals surface area contributed by atoms with Gasteiger partial charge in [0, 0.05) is 29.4 Å². The lowest BCUT2D eigenvalue weighted by atomic mass is 10.1. The van der Waals surface area contributed by atoms with E-state index in [4.69, 9.17) is 11.6 Å². The molecule has 160 valence electrons. The Morgan fingerprint density at radius 3 is 2.33 bits per heavy atom. The van der Waals surface area contributed by atoms with Crippen molar-refractivity contribution < 1.29 is 18.0 Å². The molecule has 0 spiro atoms. The normalized spacial score (nSPS) is 15.1. The molecule has 0 bridgehead atoms. The fourth-order valence-corrected chi connectivity index (χ4v) is 4.63. The predicted molar refractivity (Wildman–Crippen MR) is 116 cm³/mol. The van der Waals surface area contributed by atoms with Crippen molar-refractivity contribution in [1.29, 1.82) is 0 Å². The molecule has 7 nitrogen and oxygen atoms in total. The van der Waals surface area contributed by atoms with Crippen LogP contribution in [0.5, 0.6) is 0 Å². The lowest BCUT2D eigenvalue weighted by Gasteiger charge is -2.19. The molecule has 2 aromatic carbocycles. The average molecular weight is 450 g/mol. The van der Waals surface area contributed by atoms with Gasteiger partial charge in [-0.05, 0) is 68.7 Å². The standard InChI is InChI=1S/C21H24ClN3O4S/c1-14-18(21(27)25-12-3-4-13-25)6-5-7-19(14)23-20(26)15(2)24-30(28,29)17-10-8-16(22)9-11-17/h5-11,15,24H,3-4,12-13H2,1-2H3,(H,23,26)/t15-/m0/s1. The molecular weight excluding hydrogens is 426 g/mol. The van der Waals surface area contributed by atoms with Crippen molar-refractivity contribution in [2.24, 2.45) is 0 Å². The van der Waals surface area contributed by atoms with Gasteiger partial charge in [0.15, 0.2) is 0 Å². The van der Waals surface area contributed by atoms with Gasteiger partial charge in [-0.25, -0.2) is 8.42 Å². The minimum Gasteiger partial charge on any atom is -0.339 e. The van der Waals surface area contributed by atoms with E-state index in [2.05, 4.69) is 10.0 Å². The molecular formula is C21H24ClN3O4S. The Balaban J connectivity index is 1.71. The molecule has 2 N–H and O–H groups in total. The van der Waals surface area contributed by atoms with Gasteiger partial charge in [-0.2, -0.15) is 4.72 Å². The molecule has 1 aliphatic heterocycles. The molecule has 3 rings (SSSR count). The maximum atomic E-state index is 12.7. The van der Waals surface area contributed by atoms with E-state index in [9.17, 15) is 18.0 Å². The average Bonchev–Trinajstić information content (AvgIpc) is 3.24. The SMILES string of the molecule is Cc1c(NC(=O)[C@H](C)NS(=O)(=O)c2ccc(Cl)cc2)cccc1C(=O)N1CCCC1. The maximum absolute atomic E-state index is 12.7. The zero-order valence-electron chi connectivity index (χ0n) is 16.8. The molecule has 1 aliphatic rings. The van der Waals surface area contributed by atoms with Crippen LogP contribution in [-0.4, -0.2) is 44.3 Å². The quantitative estimate of drug-likeness (QED) is 0.707. The summed E-state index contributed by atoms with van der Waals surface area (Å²) in [6.45, 7) is 4.69. The summed E-state index contributed by atoms with van der Waals surface area (Å²) < 4.78 is 27.3. The second-order valence-electron chi connectivity index (χ2n) is 7.26. The number of hydrogen-bond donors (Lipinski definition) is 2. The van der Waals surface area contributed by atoms with Crippen molar-refractivity contribution in [3.63, 3.8) is 0 Å². The second kappa shape index (κ2) is 9.16. The van der Waals surface area contributed by atoms with Crippen LogP contribution in [0.4, 0.5) is 5.69 Å². The number of hydrogen-bond acceptors (Lipinski definition) is 4. The number of sulfonamides is 1. The van der Waals surface area contributed by atoms with Gasteiger partial charge in [-0.15, -0.1) is 0 Å². The largest absolute Gasteiger partial charge is 0.339 e. The molecule has 1 saturated heterocycles. The van der Waals surface area contributed by atoms with E-state index in [-0.39, 0.29) is 10.8 Å². The lowest BCUT2D eigenvalue weighted by molar-refractivity contribution is -0.117. The fraction of sp³-hybridized carbons (Fsp3) is 0.333. The van der Waals surface area contributed by atoms with Crippen LogP contribution in [0.2, 0.25) is 5.02 Å². The highest BCUT2D eigenvalue weighted by Crippen LogP contribution is 2.22. The molecule has 0 unspecified atom stereocenters. The summed E-state index contributed by atoms with van der Waals surface area (Å²) in [4.78, 5) is 27.1. The van der Waals surface area contributed by atoms with Crippen molar-refractivity contribution in [3.8, 4) is 0 Å². The first-order chi connectivity index (χ1) is 14.2. The first-order valence-corrected chi connectivity index (χ1v) is 11.5. The van der Waals surface area contributed by atoms with Crippen molar-refractivity contribution >= 4 is 39.1 Å². The van der Waals surface area contributed by atoms with Crippen molar-refractivity contribution in [1.82, 2.24) is 9.62 Å². The summed E-state index contributed by atoms with van der Waals surface area (Å²) in [5, 5.41) is 3.14. The van der Waals surface area contributed by atoms with Crippen LogP contribution in [-0.2, 0) is 14.8 Å². The van der Waals surface area contributed by atoms with E-state index in [1.807, 2.05) is 0 Å². The molecule has 1 fully saturated rings. The zero-order valence-corrected chi connectivity index (χ0v) is 18.4. The number of nitrogens with zero attached hydrogens (tertiary/aromatic N) is 1. The molecule has 1 atom stereocenters. The van der Waals surface area contributed by atoms with E-state index in [0.717, 1.165) is 25.9 Å². The molecule has 0 radical (unpaired) electrons. The summed E-state index contributed by atoms with van der Waals surface area (Å²) in [7, 11) is -3.89. The summed E-state index contributed by atoms with van der Waals surface area (Å²) in [6, 6.07) is 9.77. The molecule has 0 aromatic heterocycles. The lowest BCUT2D eigenvalue weighted by Crippen LogP contribution is -2.41. The number of benzene rings is 2. The Labute approximate surface area is 181 Å². The molecule has 2 aromatic rings. The number of likely N-dealkylation sites (tertiary alicyclic amines) is 1. The van der Waals surface area contributed by atoms with E-state index in [1.54, 1.807) is 30.0 Å². The fourth-order valence-electron chi connectivity index (χ4n) is 3.30. The van der Waals surface area contributed by atoms with E-state index < -0.39 is 22.0 Å². The topological polar surface area (TPSA) is 95.6 Å². The Kier molecular flexibility index (Phi) is 6.80. The van der Waals surface area contributed by atoms with Crippen LogP contribution >= 0.6 is 11.6 Å². The number of carbonyl (C=O) groups is 2. The molecule has 0 aliphatic carbocycles. The number of carbonyl (C=O) groups excluding carboxylic acids is 2. The Morgan fingerprint density at radius 2 is 1.70 bits per heavy atom. The van der Waals surface area contributed by atoms with Crippen LogP contribution in [0.1, 0.15) is 35.7 Å². The molecule has 9 heteroatoms. The van der Waals surface area contributed by atoms with Crippen LogP contribution in [0.15, 0.2) is 47.4 Å². The number of rotatable bonds is 6. The highest BCUT2D eigenvalue weighted by Gasteiger charge is 2.24. The van der Waals surface area contributed by atoms with Gasteiger partial charge >= 0.3 is 0 Å². The van der Waals surface area contributed by atoms with Crippen molar-refractivity contribution in [2.75, 3.05) is 18.4 Å². The van der Waals surface area contributed by atoms with Gasteiger partial charge in [0.05, 0.1) is 10.9 Å². The molecule has 2 amide bonds. The van der Waals surface area contributed by atoms with Crippen LogP contribution < -0.4 is 10.0 Å². The van der Waals surface area contributed by atoms with Gasteiger partial charge < -0.3 is 10.2 Å². The molecule has 0 saturated carbocycles. The Hall–Kier alpha value is -2.42. The zero-order chi connectivity index (χ0) is 21.9. The third-order valence-corrected chi connectivity index (χ3v) is 6.87. The maximum Gasteiger partial charge on any atom is 0.254 e.